The van der Waals surface area contributed by atoms with E-state index in [9.17, 15) is 14.2 Å². The van der Waals surface area contributed by atoms with Crippen molar-refractivity contribution in [3.05, 3.63) is 69.7 Å². The molecule has 0 bridgehead atoms. The summed E-state index contributed by atoms with van der Waals surface area (Å²) in [6.45, 7) is -0.0662. The summed E-state index contributed by atoms with van der Waals surface area (Å²) in [6, 6.07) is 11.5. The zero-order valence-corrected chi connectivity index (χ0v) is 24.4. The van der Waals surface area contributed by atoms with Gasteiger partial charge in [-0.05, 0) is 29.8 Å². The lowest BCUT2D eigenvalue weighted by Crippen LogP contribution is -2.14. The van der Waals surface area contributed by atoms with Gasteiger partial charge < -0.3 is 38.3 Å². The predicted octanol–water partition coefficient (Wildman–Crippen LogP) is 3.77. The van der Waals surface area contributed by atoms with E-state index in [1.807, 2.05) is 0 Å². The molecule has 0 saturated carbocycles. The van der Waals surface area contributed by atoms with E-state index in [1.165, 1.54) is 26.6 Å². The van der Waals surface area contributed by atoms with Crippen molar-refractivity contribution in [2.24, 2.45) is 0 Å². The lowest BCUT2D eigenvalue weighted by molar-refractivity contribution is -0.134. The number of aromatic amines is 1. The largest absolute Gasteiger partial charge is 0.493 e. The van der Waals surface area contributed by atoms with Crippen LogP contribution in [0.25, 0.3) is 11.2 Å². The molecule has 4 aromatic rings. The Bertz CT molecular complexity index is 1640. The molecule has 2 aromatic carbocycles. The number of carbonyl (C=O) groups is 1. The van der Waals surface area contributed by atoms with Gasteiger partial charge in [-0.3, -0.25) is 19.1 Å². The number of imidazole rings is 1. The molecule has 2 heterocycles. The highest BCUT2D eigenvalue weighted by Crippen LogP contribution is 2.49. The van der Waals surface area contributed by atoms with Gasteiger partial charge in [-0.25, -0.2) is 4.98 Å². The molecule has 3 N–H and O–H groups in total. The van der Waals surface area contributed by atoms with Crippen LogP contribution in [0.1, 0.15) is 12.0 Å². The highest BCUT2D eigenvalue weighted by Gasteiger charge is 2.26. The smallest absolute Gasteiger partial charge is 0.356 e. The van der Waals surface area contributed by atoms with Gasteiger partial charge in [-0.15, -0.1) is 0 Å². The fourth-order valence-corrected chi connectivity index (χ4v) is 5.22. The number of hydrogen-bond donors (Lipinski definition) is 2. The Morgan fingerprint density at radius 3 is 2.67 bits per heavy atom. The number of ether oxygens (including phenoxy) is 4. The molecular weight excluding hydrogens is 593 g/mol. The molecule has 0 aliphatic rings. The fourth-order valence-electron chi connectivity index (χ4n) is 3.72. The van der Waals surface area contributed by atoms with Crippen LogP contribution >= 0.6 is 19.2 Å². The molecule has 1 atom stereocenters. The molecule has 0 fully saturated rings. The van der Waals surface area contributed by atoms with E-state index >= 15 is 0 Å². The Morgan fingerprint density at radius 2 is 1.90 bits per heavy atom. The van der Waals surface area contributed by atoms with Crippen LogP contribution in [0.4, 0.5) is 5.95 Å². The number of carbonyl (C=O) groups excluding carboxylic acids is 1. The maximum absolute atomic E-state index is 13.5. The third-order valence-electron chi connectivity index (χ3n) is 5.72. The second-order valence-electron chi connectivity index (χ2n) is 8.69. The van der Waals surface area contributed by atoms with Crippen molar-refractivity contribution in [2.45, 2.75) is 19.6 Å². The topological polar surface area (TPSA) is 179 Å². The van der Waals surface area contributed by atoms with Crippen LogP contribution in [0.2, 0.25) is 5.02 Å². The minimum atomic E-state index is -3.86. The number of hydrogen-bond acceptors (Lipinski definition) is 12. The molecule has 42 heavy (non-hydrogen) atoms. The quantitative estimate of drug-likeness (QED) is 0.0850. The van der Waals surface area contributed by atoms with Crippen LogP contribution in [-0.2, 0) is 36.3 Å². The normalized spacial score (nSPS) is 12.6. The molecule has 1 unspecified atom stereocenters. The standard InChI is InChI=1S/C26H29ClN5O9P/c1-36-20-7-6-19(13-21(20)37-2)41-22(33)8-10-39-42(35,40-14-17-4-3-5-18(27)12-17)16-38-11-9-32-15-29-23-24(32)30-26(28)31-25(23)34/h3-7,12-13,15H,8-11,14,16H2,1-2H3,(H3,28,30,31,34). The van der Waals surface area contributed by atoms with E-state index in [1.54, 1.807) is 41.0 Å². The van der Waals surface area contributed by atoms with Crippen LogP contribution in [0.3, 0.4) is 0 Å². The Kier molecular flexibility index (Phi) is 10.6. The number of nitrogens with zero attached hydrogens (tertiary/aromatic N) is 3. The summed E-state index contributed by atoms with van der Waals surface area (Å²) in [5.41, 5.74) is 6.24. The highest BCUT2D eigenvalue weighted by molar-refractivity contribution is 7.53. The number of halogens is 1. The van der Waals surface area contributed by atoms with E-state index in [0.717, 1.165) is 0 Å². The molecular formula is C26H29ClN5O9P. The second-order valence-corrected chi connectivity index (χ2v) is 11.1. The predicted molar refractivity (Wildman–Crippen MR) is 153 cm³/mol. The Hall–Kier alpha value is -3.94. The Morgan fingerprint density at radius 1 is 1.10 bits per heavy atom. The molecule has 2 aromatic heterocycles. The van der Waals surface area contributed by atoms with Crippen LogP contribution in [0.15, 0.2) is 53.6 Å². The number of nitrogen functional groups attached to an aromatic ring is 1. The van der Waals surface area contributed by atoms with Crippen molar-refractivity contribution in [3.8, 4) is 17.2 Å². The number of H-pyrrole nitrogens is 1. The molecule has 0 aliphatic carbocycles. The van der Waals surface area contributed by atoms with Gasteiger partial charge in [0.15, 0.2) is 22.7 Å². The second kappa shape index (κ2) is 14.3. The average Bonchev–Trinajstić information content (AvgIpc) is 3.37. The molecule has 0 amide bonds. The van der Waals surface area contributed by atoms with Crippen LogP contribution in [0.5, 0.6) is 17.2 Å². The van der Waals surface area contributed by atoms with Gasteiger partial charge in [-0.2, -0.15) is 4.98 Å². The number of benzene rings is 2. The zero-order chi connectivity index (χ0) is 30.1. The van der Waals surface area contributed by atoms with Gasteiger partial charge in [0, 0.05) is 17.6 Å². The third-order valence-corrected chi connectivity index (χ3v) is 7.55. The number of nitrogens with two attached hydrogens (primary N) is 1. The number of methoxy groups -OCH3 is 2. The number of aromatic nitrogens is 4. The van der Waals surface area contributed by atoms with E-state index in [-0.39, 0.29) is 55.6 Å². The third kappa shape index (κ3) is 8.30. The summed E-state index contributed by atoms with van der Waals surface area (Å²) in [5.74, 6) is 0.440. The molecule has 0 saturated heterocycles. The molecule has 16 heteroatoms. The van der Waals surface area contributed by atoms with E-state index < -0.39 is 25.5 Å². The average molecular weight is 622 g/mol. The minimum Gasteiger partial charge on any atom is -0.493 e. The van der Waals surface area contributed by atoms with Crippen LogP contribution < -0.4 is 25.5 Å². The number of esters is 1. The Labute approximate surface area is 245 Å². The first-order valence-electron chi connectivity index (χ1n) is 12.5. The monoisotopic (exact) mass is 621 g/mol. The van der Waals surface area contributed by atoms with Gasteiger partial charge in [-0.1, -0.05) is 23.7 Å². The first-order chi connectivity index (χ1) is 20.2. The highest BCUT2D eigenvalue weighted by atomic mass is 35.5. The zero-order valence-electron chi connectivity index (χ0n) is 22.8. The lowest BCUT2D eigenvalue weighted by atomic mass is 10.2. The van der Waals surface area contributed by atoms with Gasteiger partial charge >= 0.3 is 13.6 Å². The summed E-state index contributed by atoms with van der Waals surface area (Å²) in [5, 5.41) is 0.488. The van der Waals surface area contributed by atoms with Crippen molar-refractivity contribution in [1.29, 1.82) is 0 Å². The van der Waals surface area contributed by atoms with Gasteiger partial charge in [0.25, 0.3) is 5.56 Å². The van der Waals surface area contributed by atoms with Crippen molar-refractivity contribution < 1.29 is 37.4 Å². The number of nitrogens with one attached hydrogen (secondary N) is 1. The van der Waals surface area contributed by atoms with Crippen molar-refractivity contribution in [2.75, 3.05) is 39.5 Å². The van der Waals surface area contributed by atoms with Crippen LogP contribution in [-0.4, -0.2) is 59.3 Å². The summed E-state index contributed by atoms with van der Waals surface area (Å²) >= 11 is 6.04. The number of rotatable bonds is 15. The fraction of sp³-hybridized carbons (Fsp3) is 0.308. The Balaban J connectivity index is 1.34. The van der Waals surface area contributed by atoms with Crippen molar-refractivity contribution in [3.63, 3.8) is 0 Å². The minimum absolute atomic E-state index is 0.0489. The van der Waals surface area contributed by atoms with Gasteiger partial charge in [0.1, 0.15) is 12.1 Å². The molecule has 0 radical (unpaired) electrons. The van der Waals surface area contributed by atoms with E-state index in [0.29, 0.717) is 22.1 Å². The molecule has 0 spiro atoms. The SMILES string of the molecule is COc1ccc(OC(=O)CCOP(=O)(COCCn2cnc3c(=O)[nH]c(N)nc32)OCc2cccc(Cl)c2)cc1OC. The first kappa shape index (κ1) is 31.0. The van der Waals surface area contributed by atoms with Gasteiger partial charge in [0.05, 0.1) is 46.8 Å². The first-order valence-corrected chi connectivity index (χ1v) is 14.6. The number of anilines is 1. The van der Waals surface area contributed by atoms with Crippen molar-refractivity contribution >= 4 is 42.3 Å². The van der Waals surface area contributed by atoms with Gasteiger partial charge in [0.2, 0.25) is 5.95 Å². The number of fused-ring (bicyclic) bond motifs is 1. The van der Waals surface area contributed by atoms with E-state index in [4.69, 9.17) is 45.3 Å². The maximum atomic E-state index is 13.5. The summed E-state index contributed by atoms with van der Waals surface area (Å²) < 4.78 is 47.6. The van der Waals surface area contributed by atoms with E-state index in [2.05, 4.69) is 15.0 Å². The molecule has 224 valence electrons. The summed E-state index contributed by atoms with van der Waals surface area (Å²) in [6.07, 6.45) is 0.786. The van der Waals surface area contributed by atoms with Crippen molar-refractivity contribution in [1.82, 2.24) is 19.5 Å². The molecule has 4 rings (SSSR count). The van der Waals surface area contributed by atoms with Crippen LogP contribution in [0, 0.1) is 0 Å². The summed E-state index contributed by atoms with van der Waals surface area (Å²) in [7, 11) is -0.900. The maximum Gasteiger partial charge on any atom is 0.356 e. The molecule has 14 nitrogen and oxygen atoms in total. The summed E-state index contributed by atoms with van der Waals surface area (Å²) in [4.78, 5) is 34.9. The molecule has 0 aliphatic heterocycles. The lowest BCUT2D eigenvalue weighted by Gasteiger charge is -2.19.